The molecule has 2 saturated carbocycles. The van der Waals surface area contributed by atoms with E-state index in [4.69, 9.17) is 4.74 Å². The Morgan fingerprint density at radius 3 is 2.43 bits per heavy atom. The van der Waals surface area contributed by atoms with Crippen molar-refractivity contribution in [1.29, 1.82) is 0 Å². The maximum atomic E-state index is 11.7. The molecule has 1 heterocycles. The highest BCUT2D eigenvalue weighted by Gasteiger charge is 2.45. The van der Waals surface area contributed by atoms with Gasteiger partial charge in [-0.05, 0) is 43.7 Å². The average Bonchev–Trinajstić information content (AvgIpc) is 2.76. The molecule has 1 aromatic carbocycles. The molecule has 28 heavy (non-hydrogen) atoms. The summed E-state index contributed by atoms with van der Waals surface area (Å²) in [4.78, 5) is 5.05. The van der Waals surface area contributed by atoms with Gasteiger partial charge in [0.15, 0.2) is 0 Å². The number of hydrogen-bond acceptors (Lipinski definition) is 4. The van der Waals surface area contributed by atoms with Crippen molar-refractivity contribution in [3.05, 3.63) is 24.3 Å². The van der Waals surface area contributed by atoms with Gasteiger partial charge in [-0.1, -0.05) is 44.2 Å². The monoisotopic (exact) mass is 386 g/mol. The Morgan fingerprint density at radius 1 is 0.964 bits per heavy atom. The minimum absolute atomic E-state index is 0.404. The van der Waals surface area contributed by atoms with Gasteiger partial charge in [-0.15, -0.1) is 0 Å². The fourth-order valence-corrected chi connectivity index (χ4v) is 6.02. The maximum Gasteiger partial charge on any atom is 0.142 e. The topological polar surface area (TPSA) is 35.9 Å². The molecule has 4 heteroatoms. The molecule has 1 aromatic rings. The third-order valence-electron chi connectivity index (χ3n) is 7.68. The van der Waals surface area contributed by atoms with Crippen molar-refractivity contribution < 1.29 is 9.84 Å². The molecule has 3 aliphatic rings. The number of ether oxygens (including phenoxy) is 1. The second kappa shape index (κ2) is 9.04. The summed E-state index contributed by atoms with van der Waals surface area (Å²) in [7, 11) is 1.75. The number of piperazine rings is 1. The molecule has 0 radical (unpaired) electrons. The highest BCUT2D eigenvalue weighted by molar-refractivity contribution is 5.58. The zero-order chi connectivity index (χ0) is 19.4. The van der Waals surface area contributed by atoms with E-state index in [-0.39, 0.29) is 0 Å². The zero-order valence-electron chi connectivity index (χ0n) is 17.6. The molecule has 0 amide bonds. The van der Waals surface area contributed by atoms with Crippen LogP contribution in [0.5, 0.6) is 5.75 Å². The first-order valence-corrected chi connectivity index (χ1v) is 11.5. The molecule has 2 unspecified atom stereocenters. The minimum atomic E-state index is -0.404. The Labute approximate surface area is 170 Å². The number of methoxy groups -OCH3 is 1. The first-order valence-electron chi connectivity index (χ1n) is 11.5. The van der Waals surface area contributed by atoms with Crippen LogP contribution in [0, 0.1) is 11.8 Å². The number of benzene rings is 1. The van der Waals surface area contributed by atoms with Crippen LogP contribution in [0.15, 0.2) is 24.3 Å². The first kappa shape index (κ1) is 20.0. The van der Waals surface area contributed by atoms with Crippen molar-refractivity contribution in [3.63, 3.8) is 0 Å². The molecule has 4 rings (SSSR count). The standard InChI is InChI=1S/C24H38N2O2/c1-28-23-13-6-5-12-22(23)26-17-15-25(16-18-26)19-21-11-7-8-14-24(21,27)20-9-3-2-4-10-20/h5-6,12-13,20-21,27H,2-4,7-11,14-19H2,1H3. The Kier molecular flexibility index (Phi) is 6.47. The largest absolute Gasteiger partial charge is 0.495 e. The van der Waals surface area contributed by atoms with E-state index in [1.165, 1.54) is 57.1 Å². The lowest BCUT2D eigenvalue weighted by Gasteiger charge is -2.49. The molecular formula is C24H38N2O2. The van der Waals surface area contributed by atoms with E-state index in [1.54, 1.807) is 7.11 Å². The Bertz CT molecular complexity index is 623. The van der Waals surface area contributed by atoms with Crippen LogP contribution in [0.1, 0.15) is 57.8 Å². The molecule has 1 saturated heterocycles. The second-order valence-corrected chi connectivity index (χ2v) is 9.23. The van der Waals surface area contributed by atoms with Crippen molar-refractivity contribution in [1.82, 2.24) is 4.90 Å². The fourth-order valence-electron chi connectivity index (χ4n) is 6.02. The molecule has 1 aliphatic heterocycles. The molecule has 2 atom stereocenters. The molecule has 1 N–H and O–H groups in total. The molecule has 2 aliphatic carbocycles. The van der Waals surface area contributed by atoms with Crippen LogP contribution in [-0.2, 0) is 0 Å². The Balaban J connectivity index is 1.36. The van der Waals surface area contributed by atoms with Gasteiger partial charge in [-0.3, -0.25) is 4.90 Å². The van der Waals surface area contributed by atoms with E-state index in [1.807, 2.05) is 12.1 Å². The second-order valence-electron chi connectivity index (χ2n) is 9.23. The van der Waals surface area contributed by atoms with Crippen LogP contribution in [0.25, 0.3) is 0 Å². The van der Waals surface area contributed by atoms with Crippen LogP contribution in [0.2, 0.25) is 0 Å². The van der Waals surface area contributed by atoms with E-state index in [9.17, 15) is 5.11 Å². The molecule has 0 spiro atoms. The SMILES string of the molecule is COc1ccccc1N1CCN(CC2CCCCC2(O)C2CCCCC2)CC1. The summed E-state index contributed by atoms with van der Waals surface area (Å²) in [6, 6.07) is 8.34. The van der Waals surface area contributed by atoms with E-state index >= 15 is 0 Å². The summed E-state index contributed by atoms with van der Waals surface area (Å²) in [6.45, 7) is 5.31. The number of hydrogen-bond donors (Lipinski definition) is 1. The van der Waals surface area contributed by atoms with E-state index in [0.29, 0.717) is 11.8 Å². The quantitative estimate of drug-likeness (QED) is 0.818. The highest BCUT2D eigenvalue weighted by Crippen LogP contribution is 2.45. The lowest BCUT2D eigenvalue weighted by molar-refractivity contribution is -0.112. The van der Waals surface area contributed by atoms with Crippen molar-refractivity contribution in [2.24, 2.45) is 11.8 Å². The smallest absolute Gasteiger partial charge is 0.142 e. The highest BCUT2D eigenvalue weighted by atomic mass is 16.5. The van der Waals surface area contributed by atoms with Crippen LogP contribution in [0.3, 0.4) is 0 Å². The summed E-state index contributed by atoms with van der Waals surface area (Å²) in [6.07, 6.45) is 11.2. The van der Waals surface area contributed by atoms with E-state index < -0.39 is 5.60 Å². The molecule has 4 nitrogen and oxygen atoms in total. The van der Waals surface area contributed by atoms with Crippen molar-refractivity contribution in [2.75, 3.05) is 44.7 Å². The van der Waals surface area contributed by atoms with Gasteiger partial charge in [0.1, 0.15) is 5.75 Å². The first-order chi connectivity index (χ1) is 13.7. The van der Waals surface area contributed by atoms with Gasteiger partial charge >= 0.3 is 0 Å². The van der Waals surface area contributed by atoms with Crippen LogP contribution < -0.4 is 9.64 Å². The van der Waals surface area contributed by atoms with Crippen LogP contribution in [0.4, 0.5) is 5.69 Å². The van der Waals surface area contributed by atoms with Crippen LogP contribution >= 0.6 is 0 Å². The van der Waals surface area contributed by atoms with Crippen molar-refractivity contribution in [2.45, 2.75) is 63.4 Å². The fraction of sp³-hybridized carbons (Fsp3) is 0.750. The molecule has 3 fully saturated rings. The predicted molar refractivity (Wildman–Crippen MR) is 115 cm³/mol. The average molecular weight is 387 g/mol. The lowest BCUT2D eigenvalue weighted by Crippen LogP contribution is -2.54. The summed E-state index contributed by atoms with van der Waals surface area (Å²) < 4.78 is 5.55. The minimum Gasteiger partial charge on any atom is -0.495 e. The molecular weight excluding hydrogens is 348 g/mol. The van der Waals surface area contributed by atoms with Crippen LogP contribution in [-0.4, -0.2) is 55.4 Å². The number of para-hydroxylation sites is 2. The number of nitrogens with zero attached hydrogens (tertiary/aromatic N) is 2. The molecule has 156 valence electrons. The van der Waals surface area contributed by atoms with Crippen molar-refractivity contribution in [3.8, 4) is 5.75 Å². The predicted octanol–water partition coefficient (Wildman–Crippen LogP) is 4.32. The lowest BCUT2D eigenvalue weighted by atomic mass is 9.64. The van der Waals surface area contributed by atoms with Gasteiger partial charge in [-0.2, -0.15) is 0 Å². The third kappa shape index (κ3) is 4.18. The van der Waals surface area contributed by atoms with Gasteiger partial charge < -0.3 is 14.7 Å². The Morgan fingerprint density at radius 2 is 1.68 bits per heavy atom. The normalized spacial score (nSPS) is 30.4. The van der Waals surface area contributed by atoms with Crippen molar-refractivity contribution >= 4 is 5.69 Å². The zero-order valence-corrected chi connectivity index (χ0v) is 17.6. The summed E-state index contributed by atoms with van der Waals surface area (Å²) in [5, 5.41) is 11.7. The number of aliphatic hydroxyl groups is 1. The van der Waals surface area contributed by atoms with Gasteiger partial charge in [-0.25, -0.2) is 0 Å². The molecule has 0 bridgehead atoms. The summed E-state index contributed by atoms with van der Waals surface area (Å²) in [5.41, 5.74) is 0.805. The summed E-state index contributed by atoms with van der Waals surface area (Å²) >= 11 is 0. The Hall–Kier alpha value is -1.26. The van der Waals surface area contributed by atoms with Gasteiger partial charge in [0.05, 0.1) is 18.4 Å². The van der Waals surface area contributed by atoms with Gasteiger partial charge in [0, 0.05) is 38.6 Å². The van der Waals surface area contributed by atoms with Gasteiger partial charge in [0.25, 0.3) is 0 Å². The third-order valence-corrected chi connectivity index (χ3v) is 7.68. The summed E-state index contributed by atoms with van der Waals surface area (Å²) in [5.74, 6) is 1.97. The van der Waals surface area contributed by atoms with Gasteiger partial charge in [0.2, 0.25) is 0 Å². The molecule has 0 aromatic heterocycles. The van der Waals surface area contributed by atoms with E-state index in [0.717, 1.165) is 44.9 Å². The maximum absolute atomic E-state index is 11.7. The number of anilines is 1. The number of rotatable bonds is 5. The van der Waals surface area contributed by atoms with E-state index in [2.05, 4.69) is 21.9 Å².